The van der Waals surface area contributed by atoms with Crippen LogP contribution in [0.25, 0.3) is 33.3 Å². The molecule has 13 heteroatoms. The van der Waals surface area contributed by atoms with Gasteiger partial charge in [-0.1, -0.05) is 0 Å². The molecule has 5 rings (SSSR count). The van der Waals surface area contributed by atoms with Gasteiger partial charge in [-0.3, -0.25) is 9.59 Å². The van der Waals surface area contributed by atoms with E-state index in [0.717, 1.165) is 0 Å². The first-order valence-electron chi connectivity index (χ1n) is 12.1. The smallest absolute Gasteiger partial charge is 0.355 e. The summed E-state index contributed by atoms with van der Waals surface area (Å²) in [5.74, 6) is -0.670. The van der Waals surface area contributed by atoms with Crippen molar-refractivity contribution in [2.75, 3.05) is 20.8 Å². The second kappa shape index (κ2) is 10.4. The largest absolute Gasteiger partial charge is 0.502 e. The van der Waals surface area contributed by atoms with Gasteiger partial charge < -0.3 is 53.3 Å². The molecule has 3 heterocycles. The third-order valence-electron chi connectivity index (χ3n) is 6.65. The molecule has 40 heavy (non-hydrogen) atoms. The van der Waals surface area contributed by atoms with Gasteiger partial charge in [0, 0.05) is 29.1 Å². The fourth-order valence-corrected chi connectivity index (χ4v) is 4.59. The Morgan fingerprint density at radius 2 is 1.57 bits per heavy atom. The van der Waals surface area contributed by atoms with Crippen molar-refractivity contribution in [1.29, 1.82) is 0 Å². The Balaban J connectivity index is 1.84. The van der Waals surface area contributed by atoms with Crippen LogP contribution in [-0.2, 0) is 4.74 Å². The van der Waals surface area contributed by atoms with Gasteiger partial charge in [0.1, 0.15) is 35.6 Å². The van der Waals surface area contributed by atoms with Crippen LogP contribution in [0.2, 0.25) is 0 Å². The molecule has 6 N–H and O–H groups in total. The molecule has 0 radical (unpaired) electrons. The Bertz CT molecular complexity index is 1620. The molecular formula is C27H27O13+. The standard InChI is InChI=1S/C27H26O13/c1-10(29)14-8-13-20-15(37-14)6-12(30)7-16(20)38-25(11-4-17(35-2)21(31)18(5-11)36-3)26(13)40-27-24(34)23(33)22(32)19(9-28)39-27/h4-8,19,22-24,27-28,31-34H,9H2,1-3H3/p+1. The van der Waals surface area contributed by atoms with Crippen LogP contribution >= 0.6 is 0 Å². The lowest BCUT2D eigenvalue weighted by Crippen LogP contribution is -2.60. The summed E-state index contributed by atoms with van der Waals surface area (Å²) in [6.07, 6.45) is -8.02. The minimum absolute atomic E-state index is 0.00875. The van der Waals surface area contributed by atoms with Crippen LogP contribution in [0, 0.1) is 0 Å². The fraction of sp³-hybridized carbons (Fsp3) is 0.333. The molecule has 2 aromatic carbocycles. The Labute approximate surface area is 225 Å². The minimum atomic E-state index is -1.77. The number of ketones is 1. The van der Waals surface area contributed by atoms with Crippen molar-refractivity contribution in [2.45, 2.75) is 37.6 Å². The second-order valence-corrected chi connectivity index (χ2v) is 9.21. The summed E-state index contributed by atoms with van der Waals surface area (Å²) >= 11 is 0. The van der Waals surface area contributed by atoms with Crippen molar-refractivity contribution in [3.05, 3.63) is 46.3 Å². The number of rotatable bonds is 7. The van der Waals surface area contributed by atoms with E-state index in [1.807, 2.05) is 0 Å². The summed E-state index contributed by atoms with van der Waals surface area (Å²) in [5.41, 5.74) is -0.0968. The molecular weight excluding hydrogens is 532 g/mol. The molecule has 0 saturated carbocycles. The van der Waals surface area contributed by atoms with E-state index in [1.54, 1.807) is 0 Å². The molecule has 5 unspecified atom stereocenters. The molecule has 212 valence electrons. The van der Waals surface area contributed by atoms with Gasteiger partial charge in [0.15, 0.2) is 28.4 Å². The summed E-state index contributed by atoms with van der Waals surface area (Å²) in [4.78, 5) is 22.7. The predicted octanol–water partition coefficient (Wildman–Crippen LogP) is 1.02. The van der Waals surface area contributed by atoms with Crippen molar-refractivity contribution < 1.29 is 58.1 Å². The van der Waals surface area contributed by atoms with Crippen molar-refractivity contribution in [2.24, 2.45) is 0 Å². The zero-order valence-corrected chi connectivity index (χ0v) is 21.5. The van der Waals surface area contributed by atoms with Crippen molar-refractivity contribution in [1.82, 2.24) is 0 Å². The average Bonchev–Trinajstić information content (AvgIpc) is 2.93. The van der Waals surface area contributed by atoms with Crippen LogP contribution in [0.3, 0.4) is 0 Å². The Morgan fingerprint density at radius 3 is 2.15 bits per heavy atom. The highest BCUT2D eigenvalue weighted by Gasteiger charge is 2.45. The van der Waals surface area contributed by atoms with Crippen LogP contribution < -0.4 is 19.6 Å². The number of hydrogen-bond donors (Lipinski definition) is 5. The average molecular weight is 560 g/mol. The maximum Gasteiger partial charge on any atom is 0.355 e. The molecule has 0 aliphatic carbocycles. The SMILES string of the molecule is COc1cc(-c2oc3cc(=O)cc4oc(C(C)=[OH+])cc(c2OC2OC(CO)C(O)C(O)C2O)c43)cc(OC)c1O. The van der Waals surface area contributed by atoms with Gasteiger partial charge in [0.05, 0.1) is 33.1 Å². The maximum absolute atomic E-state index is 12.5. The topological polar surface area (TPSA) is 203 Å². The number of phenols is 1. The lowest BCUT2D eigenvalue weighted by atomic mass is 9.99. The first-order valence-corrected chi connectivity index (χ1v) is 12.1. The van der Waals surface area contributed by atoms with E-state index in [-0.39, 0.29) is 67.8 Å². The van der Waals surface area contributed by atoms with Crippen molar-refractivity contribution in [3.63, 3.8) is 0 Å². The third kappa shape index (κ3) is 4.53. The van der Waals surface area contributed by atoms with Gasteiger partial charge in [-0.05, 0) is 12.1 Å². The van der Waals surface area contributed by atoms with Gasteiger partial charge in [0.25, 0.3) is 0 Å². The molecule has 0 bridgehead atoms. The zero-order chi connectivity index (χ0) is 28.9. The zero-order valence-electron chi connectivity index (χ0n) is 21.5. The quantitative estimate of drug-likeness (QED) is 0.159. The van der Waals surface area contributed by atoms with E-state index >= 15 is 0 Å². The molecule has 1 saturated heterocycles. The molecule has 0 amide bonds. The highest BCUT2D eigenvalue weighted by Crippen LogP contribution is 2.47. The van der Waals surface area contributed by atoms with Crippen LogP contribution in [0.5, 0.6) is 23.0 Å². The van der Waals surface area contributed by atoms with Crippen LogP contribution in [-0.4, -0.2) is 87.6 Å². The number of aromatic hydroxyl groups is 1. The number of methoxy groups -OCH3 is 2. The normalized spacial score (nSPS) is 22.9. The van der Waals surface area contributed by atoms with Gasteiger partial charge in [0.2, 0.25) is 17.8 Å². The minimum Gasteiger partial charge on any atom is -0.502 e. The van der Waals surface area contributed by atoms with E-state index in [4.69, 9.17) is 27.8 Å². The summed E-state index contributed by atoms with van der Waals surface area (Å²) in [6.45, 7) is 0.684. The molecule has 2 aromatic heterocycles. The molecule has 1 aliphatic rings. The fourth-order valence-electron chi connectivity index (χ4n) is 4.59. The molecule has 5 atom stereocenters. The first kappa shape index (κ1) is 27.4. The monoisotopic (exact) mass is 559 g/mol. The van der Waals surface area contributed by atoms with Crippen molar-refractivity contribution >= 4 is 27.7 Å². The first-order chi connectivity index (χ1) is 19.1. The summed E-state index contributed by atoms with van der Waals surface area (Å²) in [7, 11) is 2.65. The van der Waals surface area contributed by atoms with Gasteiger partial charge in [-0.15, -0.1) is 0 Å². The van der Waals surface area contributed by atoms with E-state index in [1.165, 1.54) is 51.5 Å². The van der Waals surface area contributed by atoms with E-state index in [2.05, 4.69) is 0 Å². The number of aliphatic hydroxyl groups excluding tert-OH is 4. The number of aliphatic hydroxyl groups is 4. The van der Waals surface area contributed by atoms with Crippen LogP contribution in [0.4, 0.5) is 0 Å². The number of benzene rings is 2. The number of phenolic OH excluding ortho intramolecular Hbond substituents is 1. The number of hydrogen-bond acceptors (Lipinski definition) is 12. The van der Waals surface area contributed by atoms with Gasteiger partial charge in [-0.2, -0.15) is 0 Å². The van der Waals surface area contributed by atoms with Crippen LogP contribution in [0.15, 0.2) is 44.0 Å². The van der Waals surface area contributed by atoms with Crippen LogP contribution in [0.1, 0.15) is 12.7 Å². The molecule has 4 aromatic rings. The highest BCUT2D eigenvalue weighted by atomic mass is 16.7. The third-order valence-corrected chi connectivity index (χ3v) is 6.65. The number of ether oxygens (including phenoxy) is 4. The summed E-state index contributed by atoms with van der Waals surface area (Å²) < 4.78 is 34.0. The van der Waals surface area contributed by atoms with E-state index in [0.29, 0.717) is 0 Å². The molecule has 1 fully saturated rings. The van der Waals surface area contributed by atoms with E-state index in [9.17, 15) is 35.1 Å². The van der Waals surface area contributed by atoms with Crippen molar-refractivity contribution in [3.8, 4) is 34.3 Å². The molecule has 0 spiro atoms. The molecule has 13 nitrogen and oxygen atoms in total. The Hall–Kier alpha value is -4.14. The lowest BCUT2D eigenvalue weighted by Gasteiger charge is -2.39. The maximum atomic E-state index is 12.5. The Morgan fingerprint density at radius 1 is 0.950 bits per heavy atom. The molecule has 1 aliphatic heterocycles. The lowest BCUT2D eigenvalue weighted by molar-refractivity contribution is -0.277. The summed E-state index contributed by atoms with van der Waals surface area (Å²) in [6, 6.07) is 6.65. The van der Waals surface area contributed by atoms with E-state index < -0.39 is 42.7 Å². The van der Waals surface area contributed by atoms with Gasteiger partial charge >= 0.3 is 5.78 Å². The Kier molecular flexibility index (Phi) is 7.16. The highest BCUT2D eigenvalue weighted by molar-refractivity contribution is 6.11. The number of carbonyl (C=O) groups excluding carboxylic acids is 1. The summed E-state index contributed by atoms with van der Waals surface area (Å²) in [5, 5.41) is 51.9. The van der Waals surface area contributed by atoms with Gasteiger partial charge in [-0.25, -0.2) is 0 Å². The second-order valence-electron chi connectivity index (χ2n) is 9.21. The predicted molar refractivity (Wildman–Crippen MR) is 139 cm³/mol.